The summed E-state index contributed by atoms with van der Waals surface area (Å²) in [7, 11) is -3.25. The number of aliphatic carboxylic acids is 1. The second-order valence-electron chi connectivity index (χ2n) is 12.2. The molecule has 2 aliphatic heterocycles. The van der Waals surface area contributed by atoms with Crippen LogP contribution in [0.5, 0.6) is 5.75 Å². The number of piperazine rings is 1. The van der Waals surface area contributed by atoms with Crippen LogP contribution in [0.2, 0.25) is 0 Å². The molecule has 2 aliphatic rings. The number of rotatable bonds is 15. The largest absolute Gasteiger partial charge is 0.493 e. The van der Waals surface area contributed by atoms with Gasteiger partial charge in [-0.1, -0.05) is 43.7 Å². The number of carbonyl (C=O) groups is 4. The molecule has 2 N–H and O–H groups in total. The van der Waals surface area contributed by atoms with Gasteiger partial charge in [-0.15, -0.1) is 0 Å². The fourth-order valence-electron chi connectivity index (χ4n) is 5.69. The second kappa shape index (κ2) is 18.0. The molecule has 2 fully saturated rings. The van der Waals surface area contributed by atoms with Crippen LogP contribution < -0.4 is 10.1 Å². The molecule has 0 bridgehead atoms. The first-order valence-corrected chi connectivity index (χ1v) is 18.5. The summed E-state index contributed by atoms with van der Waals surface area (Å²) in [6, 6.07) is 11.3. The zero-order chi connectivity index (χ0) is 35.4. The lowest BCUT2D eigenvalue weighted by molar-refractivity contribution is -0.138. The van der Waals surface area contributed by atoms with Gasteiger partial charge >= 0.3 is 12.1 Å². The second-order valence-corrected chi connectivity index (χ2v) is 14.5. The molecule has 4 rings (SSSR count). The van der Waals surface area contributed by atoms with Crippen molar-refractivity contribution in [3.05, 3.63) is 48.2 Å². The molecular formula is C34H47N5O9S. The maximum Gasteiger partial charge on any atom is 0.409 e. The number of sulfonamides is 1. The lowest BCUT2D eigenvalue weighted by Crippen LogP contribution is -2.56. The molecule has 0 radical (unpaired) electrons. The predicted octanol–water partition coefficient (Wildman–Crippen LogP) is 3.23. The van der Waals surface area contributed by atoms with Gasteiger partial charge in [-0.3, -0.25) is 14.4 Å². The number of hydrogen-bond acceptors (Lipinski definition) is 9. The molecule has 0 unspecified atom stereocenters. The fourth-order valence-corrected chi connectivity index (χ4v) is 6.83. The minimum atomic E-state index is -3.25. The van der Waals surface area contributed by atoms with Crippen molar-refractivity contribution in [2.45, 2.75) is 58.4 Å². The number of carbonyl (C=O) groups excluding carboxylic acids is 3. The lowest BCUT2D eigenvalue weighted by atomic mass is 9.99. The van der Waals surface area contributed by atoms with E-state index in [1.54, 1.807) is 13.0 Å². The SMILES string of the molecule is CCCCOC(=O)N1CCN(C(=O)[C@H](CCC(=O)O)NC(=O)c2cc(OCC3CCN(S(=O)(=O)CC)CC3)cc(-c3ccccc3)n2)CC1. The smallest absolute Gasteiger partial charge is 0.409 e. The van der Waals surface area contributed by atoms with Crippen molar-refractivity contribution in [2.24, 2.45) is 5.92 Å². The summed E-state index contributed by atoms with van der Waals surface area (Å²) in [5, 5.41) is 12.1. The van der Waals surface area contributed by atoms with Crippen LogP contribution in [0.1, 0.15) is 62.9 Å². The Morgan fingerprint density at radius 1 is 0.980 bits per heavy atom. The minimum Gasteiger partial charge on any atom is -0.493 e. The van der Waals surface area contributed by atoms with Crippen LogP contribution in [-0.4, -0.2) is 121 Å². The molecule has 49 heavy (non-hydrogen) atoms. The van der Waals surface area contributed by atoms with Crippen molar-refractivity contribution in [3.63, 3.8) is 0 Å². The quantitative estimate of drug-likeness (QED) is 0.262. The zero-order valence-electron chi connectivity index (χ0n) is 28.2. The van der Waals surface area contributed by atoms with E-state index in [1.807, 2.05) is 37.3 Å². The van der Waals surface area contributed by atoms with E-state index in [1.165, 1.54) is 20.2 Å². The van der Waals surface area contributed by atoms with Gasteiger partial charge in [-0.2, -0.15) is 0 Å². The predicted molar refractivity (Wildman–Crippen MR) is 181 cm³/mol. The lowest BCUT2D eigenvalue weighted by Gasteiger charge is -2.36. The number of nitrogens with one attached hydrogen (secondary N) is 1. The Kier molecular flexibility index (Phi) is 13.8. The van der Waals surface area contributed by atoms with Gasteiger partial charge < -0.3 is 29.7 Å². The van der Waals surface area contributed by atoms with Gasteiger partial charge in [0.25, 0.3) is 5.91 Å². The normalized spacial score (nSPS) is 16.5. The number of benzene rings is 1. The summed E-state index contributed by atoms with van der Waals surface area (Å²) in [4.78, 5) is 58.7. The van der Waals surface area contributed by atoms with Crippen LogP contribution in [0, 0.1) is 5.92 Å². The minimum absolute atomic E-state index is 0.00650. The highest BCUT2D eigenvalue weighted by Crippen LogP contribution is 2.26. The van der Waals surface area contributed by atoms with Crippen molar-refractivity contribution in [1.29, 1.82) is 0 Å². The number of unbranched alkanes of at least 4 members (excludes halogenated alkanes) is 1. The summed E-state index contributed by atoms with van der Waals surface area (Å²) in [5.41, 5.74) is 1.21. The number of hydrogen-bond donors (Lipinski definition) is 2. The van der Waals surface area contributed by atoms with E-state index >= 15 is 0 Å². The van der Waals surface area contributed by atoms with Crippen molar-refractivity contribution >= 4 is 33.9 Å². The van der Waals surface area contributed by atoms with Crippen LogP contribution in [0.25, 0.3) is 11.3 Å². The number of carboxylic acids is 1. The summed E-state index contributed by atoms with van der Waals surface area (Å²) in [6.45, 7) is 6.06. The highest BCUT2D eigenvalue weighted by Gasteiger charge is 2.32. The Labute approximate surface area is 287 Å². The molecule has 14 nitrogen and oxygen atoms in total. The van der Waals surface area contributed by atoms with Crippen LogP contribution in [-0.2, 0) is 24.3 Å². The molecule has 268 valence electrons. The summed E-state index contributed by atoms with van der Waals surface area (Å²) < 4.78 is 37.4. The van der Waals surface area contributed by atoms with Gasteiger partial charge in [-0.05, 0) is 38.5 Å². The number of amides is 3. The topological polar surface area (TPSA) is 176 Å². The third-order valence-electron chi connectivity index (χ3n) is 8.74. The maximum absolute atomic E-state index is 13.7. The monoisotopic (exact) mass is 701 g/mol. The number of carboxylic acid groups (broad SMARTS) is 1. The molecule has 2 aromatic rings. The molecule has 3 heterocycles. The third-order valence-corrected chi connectivity index (χ3v) is 10.6. The average Bonchev–Trinajstić information content (AvgIpc) is 3.12. The average molecular weight is 702 g/mol. The Balaban J connectivity index is 1.46. The van der Waals surface area contributed by atoms with Crippen molar-refractivity contribution in [1.82, 2.24) is 24.4 Å². The van der Waals surface area contributed by atoms with Gasteiger partial charge in [-0.25, -0.2) is 22.5 Å². The fraction of sp³-hybridized carbons (Fsp3) is 0.559. The first kappa shape index (κ1) is 37.6. The first-order valence-electron chi connectivity index (χ1n) is 16.9. The van der Waals surface area contributed by atoms with Gasteiger partial charge in [0.15, 0.2) is 0 Å². The van der Waals surface area contributed by atoms with E-state index in [4.69, 9.17) is 9.47 Å². The Morgan fingerprint density at radius 3 is 2.29 bits per heavy atom. The number of pyridine rings is 1. The molecule has 3 amide bonds. The van der Waals surface area contributed by atoms with Crippen molar-refractivity contribution in [2.75, 3.05) is 58.2 Å². The van der Waals surface area contributed by atoms with Crippen LogP contribution in [0.15, 0.2) is 42.5 Å². The van der Waals surface area contributed by atoms with E-state index in [-0.39, 0.29) is 56.4 Å². The highest BCUT2D eigenvalue weighted by molar-refractivity contribution is 7.89. The summed E-state index contributed by atoms with van der Waals surface area (Å²) >= 11 is 0. The van der Waals surface area contributed by atoms with Crippen molar-refractivity contribution in [3.8, 4) is 17.0 Å². The Hall–Kier alpha value is -4.24. The molecule has 0 spiro atoms. The van der Waals surface area contributed by atoms with Gasteiger partial charge in [0.2, 0.25) is 15.9 Å². The molecule has 0 saturated carbocycles. The summed E-state index contributed by atoms with van der Waals surface area (Å²) in [6.07, 6.45) is 2.04. The summed E-state index contributed by atoms with van der Waals surface area (Å²) in [5.74, 6) is -1.65. The Morgan fingerprint density at radius 2 is 1.65 bits per heavy atom. The first-order chi connectivity index (χ1) is 23.5. The van der Waals surface area contributed by atoms with E-state index in [2.05, 4.69) is 10.3 Å². The molecule has 1 atom stereocenters. The molecule has 1 aromatic carbocycles. The van der Waals surface area contributed by atoms with Gasteiger partial charge in [0.05, 0.1) is 24.7 Å². The van der Waals surface area contributed by atoms with Crippen molar-refractivity contribution < 1.29 is 42.2 Å². The molecule has 15 heteroatoms. The van der Waals surface area contributed by atoms with E-state index in [0.29, 0.717) is 50.6 Å². The molecular weight excluding hydrogens is 654 g/mol. The maximum atomic E-state index is 13.7. The van der Waals surface area contributed by atoms with Crippen LogP contribution >= 0.6 is 0 Å². The number of nitrogens with zero attached hydrogens (tertiary/aromatic N) is 4. The molecule has 2 saturated heterocycles. The Bertz CT molecular complexity index is 1540. The van der Waals surface area contributed by atoms with Gasteiger partial charge in [0, 0.05) is 63.4 Å². The number of aromatic nitrogens is 1. The highest BCUT2D eigenvalue weighted by atomic mass is 32.2. The molecule has 1 aromatic heterocycles. The van der Waals surface area contributed by atoms with Gasteiger partial charge in [0.1, 0.15) is 17.5 Å². The zero-order valence-corrected chi connectivity index (χ0v) is 29.0. The number of piperidine rings is 1. The third kappa shape index (κ3) is 10.9. The van der Waals surface area contributed by atoms with E-state index < -0.39 is 39.9 Å². The number of ether oxygens (including phenoxy) is 2. The van der Waals surface area contributed by atoms with Crippen LogP contribution in [0.4, 0.5) is 4.79 Å². The standard InChI is InChI=1S/C34H47N5O9S/c1-3-5-21-47-34(44)38-19-17-37(18-20-38)33(43)28(11-12-31(40)41)36-32(42)30-23-27(22-29(35-30)26-9-7-6-8-10-26)48-24-25-13-15-39(16-14-25)49(45,46)4-2/h6-10,22-23,25,28H,3-5,11-21,24H2,1-2H3,(H,36,42)(H,40,41)/t28-/m0/s1. The van der Waals surface area contributed by atoms with E-state index in [0.717, 1.165) is 18.4 Å². The van der Waals surface area contributed by atoms with E-state index in [9.17, 15) is 32.7 Å². The van der Waals surface area contributed by atoms with Crippen LogP contribution in [0.3, 0.4) is 0 Å². The molecule has 0 aliphatic carbocycles.